The van der Waals surface area contributed by atoms with E-state index >= 15 is 0 Å². The van der Waals surface area contributed by atoms with Gasteiger partial charge in [-0.05, 0) is 12.8 Å². The van der Waals surface area contributed by atoms with Gasteiger partial charge in [-0.1, -0.05) is 0 Å². The van der Waals surface area contributed by atoms with Crippen molar-refractivity contribution < 1.29 is 14.3 Å². The first-order chi connectivity index (χ1) is 4.79. The van der Waals surface area contributed by atoms with Crippen LogP contribution in [0.3, 0.4) is 0 Å². The van der Waals surface area contributed by atoms with Gasteiger partial charge in [0.15, 0.2) is 5.78 Å². The Labute approximate surface area is 59.4 Å². The lowest BCUT2D eigenvalue weighted by atomic mass is 10.1. The molecule has 10 heavy (non-hydrogen) atoms. The van der Waals surface area contributed by atoms with Gasteiger partial charge in [0.25, 0.3) is 0 Å². The van der Waals surface area contributed by atoms with E-state index in [-0.39, 0.29) is 11.8 Å². The highest BCUT2D eigenvalue weighted by Crippen LogP contribution is 2.08. The molecule has 1 saturated heterocycles. The molecule has 1 aliphatic rings. The van der Waals surface area contributed by atoms with E-state index in [2.05, 4.69) is 4.74 Å². The summed E-state index contributed by atoms with van der Waals surface area (Å²) in [6.07, 6.45) is 2.50. The molecule has 0 aromatic carbocycles. The lowest BCUT2D eigenvalue weighted by Gasteiger charge is -2.06. The molecule has 0 atom stereocenters. The summed E-state index contributed by atoms with van der Waals surface area (Å²) in [5.41, 5.74) is 0. The molecule has 1 fully saturated rings. The molecule has 0 saturated carbocycles. The highest BCUT2D eigenvalue weighted by atomic mass is 16.5. The summed E-state index contributed by atoms with van der Waals surface area (Å²) < 4.78 is 4.48. The number of hydrogen-bond acceptors (Lipinski definition) is 3. The molecule has 0 unspecified atom stereocenters. The second-order valence-corrected chi connectivity index (χ2v) is 2.28. The molecule has 1 rings (SSSR count). The number of Topliss-reactive ketones (excluding diaryl/α,β-unsaturated/α-hetero) is 1. The fourth-order valence-electron chi connectivity index (χ4n) is 0.818. The van der Waals surface area contributed by atoms with Crippen LogP contribution in [-0.4, -0.2) is 11.8 Å². The van der Waals surface area contributed by atoms with Crippen LogP contribution >= 0.6 is 0 Å². The Hall–Kier alpha value is -0.860. The van der Waals surface area contributed by atoms with E-state index in [1.807, 2.05) is 0 Å². The van der Waals surface area contributed by atoms with Crippen molar-refractivity contribution in [2.45, 2.75) is 25.7 Å². The first-order valence-corrected chi connectivity index (χ1v) is 3.34. The average Bonchev–Trinajstić information content (AvgIpc) is 1.90. The summed E-state index contributed by atoms with van der Waals surface area (Å²) in [5.74, 6) is -0.388. The fraction of sp³-hybridized carbons (Fsp3) is 0.571. The Morgan fingerprint density at radius 1 is 1.20 bits per heavy atom. The SMILES string of the molecule is O=C1[CH]OC(=O)CCCC1. The van der Waals surface area contributed by atoms with E-state index in [0.717, 1.165) is 19.4 Å². The van der Waals surface area contributed by atoms with Crippen molar-refractivity contribution in [3.8, 4) is 0 Å². The quantitative estimate of drug-likeness (QED) is 0.469. The highest BCUT2D eigenvalue weighted by Gasteiger charge is 2.12. The van der Waals surface area contributed by atoms with Crippen molar-refractivity contribution >= 4 is 11.8 Å². The first-order valence-electron chi connectivity index (χ1n) is 3.34. The number of ether oxygens (including phenoxy) is 1. The zero-order valence-corrected chi connectivity index (χ0v) is 5.63. The Morgan fingerprint density at radius 2 is 1.90 bits per heavy atom. The van der Waals surface area contributed by atoms with Crippen LogP contribution in [0.5, 0.6) is 0 Å². The van der Waals surface area contributed by atoms with Gasteiger partial charge >= 0.3 is 5.97 Å². The molecule has 0 N–H and O–H groups in total. The van der Waals surface area contributed by atoms with Crippen LogP contribution in [0, 0.1) is 6.61 Å². The Kier molecular flexibility index (Phi) is 2.42. The maximum absolute atomic E-state index is 10.6. The average molecular weight is 141 g/mol. The number of rotatable bonds is 0. The number of carbonyl (C=O) groups is 2. The molecule has 0 aromatic heterocycles. The van der Waals surface area contributed by atoms with Gasteiger partial charge in [0.05, 0.1) is 0 Å². The van der Waals surface area contributed by atoms with Crippen LogP contribution in [0.25, 0.3) is 0 Å². The summed E-state index contributed by atoms with van der Waals surface area (Å²) in [7, 11) is 0. The van der Waals surface area contributed by atoms with Gasteiger partial charge in [-0.25, -0.2) is 0 Å². The smallest absolute Gasteiger partial charge is 0.306 e. The maximum Gasteiger partial charge on any atom is 0.306 e. The molecule has 1 heterocycles. The van der Waals surface area contributed by atoms with Crippen LogP contribution in [-0.2, 0) is 14.3 Å². The van der Waals surface area contributed by atoms with Crippen molar-refractivity contribution in [1.29, 1.82) is 0 Å². The van der Waals surface area contributed by atoms with Crippen LogP contribution < -0.4 is 0 Å². The highest BCUT2D eigenvalue weighted by molar-refractivity contribution is 5.88. The molecule has 0 spiro atoms. The molecule has 1 aliphatic heterocycles. The van der Waals surface area contributed by atoms with Crippen molar-refractivity contribution in [2.75, 3.05) is 0 Å². The third-order valence-corrected chi connectivity index (χ3v) is 1.38. The third kappa shape index (κ3) is 2.17. The molecule has 0 amide bonds. The van der Waals surface area contributed by atoms with Crippen LogP contribution in [0.1, 0.15) is 25.7 Å². The normalized spacial score (nSPS) is 21.2. The van der Waals surface area contributed by atoms with Gasteiger partial charge in [0, 0.05) is 12.8 Å². The molecule has 3 heteroatoms. The summed E-state index contributed by atoms with van der Waals surface area (Å²) in [5, 5.41) is 0. The number of ketones is 1. The van der Waals surface area contributed by atoms with E-state index in [4.69, 9.17) is 0 Å². The van der Waals surface area contributed by atoms with Crippen molar-refractivity contribution in [1.82, 2.24) is 0 Å². The molecule has 55 valence electrons. The van der Waals surface area contributed by atoms with Crippen LogP contribution in [0.4, 0.5) is 0 Å². The van der Waals surface area contributed by atoms with Gasteiger partial charge < -0.3 is 4.74 Å². The molecule has 0 aromatic rings. The number of esters is 1. The van der Waals surface area contributed by atoms with Crippen molar-refractivity contribution in [3.05, 3.63) is 6.61 Å². The predicted octanol–water partition coefficient (Wildman–Crippen LogP) is 0.834. The molecule has 0 bridgehead atoms. The topological polar surface area (TPSA) is 43.4 Å². The van der Waals surface area contributed by atoms with Crippen LogP contribution in [0.2, 0.25) is 0 Å². The minimum absolute atomic E-state index is 0.0898. The van der Waals surface area contributed by atoms with E-state index in [1.54, 1.807) is 0 Å². The van der Waals surface area contributed by atoms with Crippen molar-refractivity contribution in [3.63, 3.8) is 0 Å². The maximum atomic E-state index is 10.6. The molecule has 0 aliphatic carbocycles. The summed E-state index contributed by atoms with van der Waals surface area (Å²) in [6, 6.07) is 0. The fourth-order valence-corrected chi connectivity index (χ4v) is 0.818. The monoisotopic (exact) mass is 141 g/mol. The van der Waals surface area contributed by atoms with E-state index in [1.165, 1.54) is 0 Å². The zero-order valence-electron chi connectivity index (χ0n) is 5.63. The number of hydrogen-bond donors (Lipinski definition) is 0. The van der Waals surface area contributed by atoms with Gasteiger partial charge in [-0.3, -0.25) is 9.59 Å². The van der Waals surface area contributed by atoms with Gasteiger partial charge in [-0.2, -0.15) is 0 Å². The second-order valence-electron chi connectivity index (χ2n) is 2.28. The molecular weight excluding hydrogens is 132 g/mol. The predicted molar refractivity (Wildman–Crippen MR) is 33.9 cm³/mol. The largest absolute Gasteiger partial charge is 0.450 e. The van der Waals surface area contributed by atoms with E-state index < -0.39 is 0 Å². The third-order valence-electron chi connectivity index (χ3n) is 1.38. The second kappa shape index (κ2) is 3.34. The summed E-state index contributed by atoms with van der Waals surface area (Å²) >= 11 is 0. The van der Waals surface area contributed by atoms with Gasteiger partial charge in [0.2, 0.25) is 6.61 Å². The Morgan fingerprint density at radius 3 is 2.70 bits per heavy atom. The molecular formula is C7H9O3. The Bertz CT molecular complexity index is 133. The Balaban J connectivity index is 2.36. The standard InChI is InChI=1S/C7H9O3/c8-6-3-1-2-4-7(9)10-5-6/h5H,1-4H2. The lowest BCUT2D eigenvalue weighted by Crippen LogP contribution is -2.11. The zero-order chi connectivity index (χ0) is 7.40. The number of carbonyl (C=O) groups excluding carboxylic acids is 2. The molecule has 1 radical (unpaired) electrons. The van der Waals surface area contributed by atoms with E-state index in [9.17, 15) is 9.59 Å². The van der Waals surface area contributed by atoms with Gasteiger partial charge in [-0.15, -0.1) is 0 Å². The first kappa shape index (κ1) is 7.25. The number of cyclic esters (lactones) is 1. The summed E-state index contributed by atoms with van der Waals surface area (Å²) in [6.45, 7) is 1.02. The minimum atomic E-state index is -0.298. The molecule has 3 nitrogen and oxygen atoms in total. The lowest BCUT2D eigenvalue weighted by molar-refractivity contribution is -0.144. The van der Waals surface area contributed by atoms with Crippen LogP contribution in [0.15, 0.2) is 0 Å². The van der Waals surface area contributed by atoms with E-state index in [0.29, 0.717) is 12.8 Å². The minimum Gasteiger partial charge on any atom is -0.450 e. The van der Waals surface area contributed by atoms with Crippen molar-refractivity contribution in [2.24, 2.45) is 0 Å². The van der Waals surface area contributed by atoms with Gasteiger partial charge in [0.1, 0.15) is 0 Å². The summed E-state index contributed by atoms with van der Waals surface area (Å²) in [4.78, 5) is 21.2.